The van der Waals surface area contributed by atoms with Crippen molar-refractivity contribution in [2.24, 2.45) is 4.99 Å². The molecule has 1 aromatic carbocycles. The lowest BCUT2D eigenvalue weighted by Crippen LogP contribution is -2.39. The first-order valence-corrected chi connectivity index (χ1v) is 11.3. The Morgan fingerprint density at radius 2 is 1.97 bits per heavy atom. The minimum atomic E-state index is -0.0489. The lowest BCUT2D eigenvalue weighted by molar-refractivity contribution is -0.123. The number of ether oxygens (including phenoxy) is 2. The van der Waals surface area contributed by atoms with Crippen molar-refractivity contribution in [3.05, 3.63) is 29.8 Å². The first-order chi connectivity index (χ1) is 15.1. The molecule has 1 fully saturated rings. The summed E-state index contributed by atoms with van der Waals surface area (Å²) >= 11 is 0. The van der Waals surface area contributed by atoms with Gasteiger partial charge >= 0.3 is 0 Å². The van der Waals surface area contributed by atoms with Crippen LogP contribution >= 0.6 is 0 Å². The molecule has 0 atom stereocenters. The van der Waals surface area contributed by atoms with Gasteiger partial charge in [-0.1, -0.05) is 12.1 Å². The number of hydrogen-bond donors (Lipinski definition) is 3. The zero-order valence-corrected chi connectivity index (χ0v) is 19.3. The number of rotatable bonds is 15. The van der Waals surface area contributed by atoms with E-state index in [1.54, 1.807) is 7.11 Å². The summed E-state index contributed by atoms with van der Waals surface area (Å²) in [6, 6.07) is 8.27. The van der Waals surface area contributed by atoms with Crippen LogP contribution in [0.2, 0.25) is 0 Å². The van der Waals surface area contributed by atoms with Crippen LogP contribution < -0.4 is 20.7 Å². The van der Waals surface area contributed by atoms with Crippen molar-refractivity contribution < 1.29 is 14.3 Å². The fourth-order valence-electron chi connectivity index (χ4n) is 2.99. The monoisotopic (exact) mass is 433 g/mol. The highest BCUT2D eigenvalue weighted by Gasteiger charge is 2.23. The van der Waals surface area contributed by atoms with Crippen LogP contribution in [0.5, 0.6) is 5.75 Å². The fraction of sp³-hybridized carbons (Fsp3) is 0.652. The van der Waals surface area contributed by atoms with E-state index < -0.39 is 0 Å². The molecule has 1 aliphatic rings. The SMILES string of the molecule is CCNC(=NCCN(C)CCCOC)NCCc1ccc(OCC(=O)NC2CC2)cc1. The molecule has 0 bridgehead atoms. The number of carbonyl (C=O) groups is 1. The van der Waals surface area contributed by atoms with Gasteiger partial charge in [0.2, 0.25) is 0 Å². The third-order valence-electron chi connectivity index (χ3n) is 4.93. The van der Waals surface area contributed by atoms with Gasteiger partial charge < -0.3 is 30.3 Å². The largest absolute Gasteiger partial charge is 0.484 e. The summed E-state index contributed by atoms with van der Waals surface area (Å²) in [5.74, 6) is 1.51. The lowest BCUT2D eigenvalue weighted by Gasteiger charge is -2.16. The zero-order chi connectivity index (χ0) is 22.3. The van der Waals surface area contributed by atoms with Crippen LogP contribution in [0, 0.1) is 0 Å². The highest BCUT2D eigenvalue weighted by Crippen LogP contribution is 2.18. The number of nitrogens with one attached hydrogen (secondary N) is 3. The second kappa shape index (κ2) is 14.6. The van der Waals surface area contributed by atoms with E-state index in [-0.39, 0.29) is 12.5 Å². The van der Waals surface area contributed by atoms with Gasteiger partial charge in [0.05, 0.1) is 6.54 Å². The Labute approximate surface area is 186 Å². The Morgan fingerprint density at radius 1 is 1.19 bits per heavy atom. The molecule has 8 nitrogen and oxygen atoms in total. The molecule has 0 heterocycles. The highest BCUT2D eigenvalue weighted by atomic mass is 16.5. The van der Waals surface area contributed by atoms with E-state index >= 15 is 0 Å². The number of amides is 1. The number of likely N-dealkylation sites (N-methyl/N-ethyl adjacent to an activating group) is 1. The summed E-state index contributed by atoms with van der Waals surface area (Å²) in [5.41, 5.74) is 1.20. The van der Waals surface area contributed by atoms with Gasteiger partial charge in [-0.2, -0.15) is 0 Å². The van der Waals surface area contributed by atoms with Gasteiger partial charge in [0.15, 0.2) is 12.6 Å². The summed E-state index contributed by atoms with van der Waals surface area (Å²) in [6.07, 6.45) is 4.08. The number of nitrogens with zero attached hydrogens (tertiary/aromatic N) is 2. The van der Waals surface area contributed by atoms with E-state index in [0.29, 0.717) is 11.8 Å². The number of guanidine groups is 1. The van der Waals surface area contributed by atoms with Gasteiger partial charge in [0.25, 0.3) is 5.91 Å². The summed E-state index contributed by atoms with van der Waals surface area (Å²) in [5, 5.41) is 9.60. The van der Waals surface area contributed by atoms with Gasteiger partial charge in [-0.05, 0) is 57.4 Å². The van der Waals surface area contributed by atoms with Crippen molar-refractivity contribution >= 4 is 11.9 Å². The van der Waals surface area contributed by atoms with E-state index in [1.807, 2.05) is 24.3 Å². The summed E-state index contributed by atoms with van der Waals surface area (Å²) in [7, 11) is 3.84. The van der Waals surface area contributed by atoms with Crippen molar-refractivity contribution in [3.63, 3.8) is 0 Å². The number of methoxy groups -OCH3 is 1. The average molecular weight is 434 g/mol. The molecule has 31 heavy (non-hydrogen) atoms. The Bertz CT molecular complexity index is 662. The molecule has 0 radical (unpaired) electrons. The van der Waals surface area contributed by atoms with Crippen LogP contribution in [0.15, 0.2) is 29.3 Å². The van der Waals surface area contributed by atoms with Crippen LogP contribution in [0.25, 0.3) is 0 Å². The number of carbonyl (C=O) groups excluding carboxylic acids is 1. The van der Waals surface area contributed by atoms with Gasteiger partial charge in [-0.25, -0.2) is 0 Å². The molecule has 1 aliphatic carbocycles. The number of aliphatic imine (C=N–C) groups is 1. The van der Waals surface area contributed by atoms with E-state index in [2.05, 4.69) is 39.8 Å². The van der Waals surface area contributed by atoms with Crippen molar-refractivity contribution in [2.75, 3.05) is 60.1 Å². The maximum absolute atomic E-state index is 11.7. The van der Waals surface area contributed by atoms with Gasteiger partial charge in [-0.3, -0.25) is 9.79 Å². The normalized spacial score (nSPS) is 13.9. The molecule has 0 saturated heterocycles. The second-order valence-electron chi connectivity index (χ2n) is 7.86. The maximum atomic E-state index is 11.7. The summed E-state index contributed by atoms with van der Waals surface area (Å²) < 4.78 is 10.6. The van der Waals surface area contributed by atoms with E-state index in [0.717, 1.165) is 71.0 Å². The van der Waals surface area contributed by atoms with Gasteiger partial charge in [-0.15, -0.1) is 0 Å². The minimum absolute atomic E-state index is 0.0489. The Balaban J connectivity index is 1.65. The Morgan fingerprint density at radius 3 is 2.65 bits per heavy atom. The zero-order valence-electron chi connectivity index (χ0n) is 19.3. The van der Waals surface area contributed by atoms with Crippen molar-refractivity contribution in [2.45, 2.75) is 38.6 Å². The first-order valence-electron chi connectivity index (χ1n) is 11.3. The second-order valence-corrected chi connectivity index (χ2v) is 7.86. The molecule has 3 N–H and O–H groups in total. The highest BCUT2D eigenvalue weighted by molar-refractivity contribution is 5.79. The van der Waals surface area contributed by atoms with E-state index in [4.69, 9.17) is 9.47 Å². The minimum Gasteiger partial charge on any atom is -0.484 e. The molecule has 174 valence electrons. The van der Waals surface area contributed by atoms with Crippen LogP contribution in [-0.2, 0) is 16.0 Å². The molecule has 2 rings (SSSR count). The average Bonchev–Trinajstić information content (AvgIpc) is 3.57. The third-order valence-corrected chi connectivity index (χ3v) is 4.93. The van der Waals surface area contributed by atoms with Gasteiger partial charge in [0.1, 0.15) is 5.75 Å². The molecule has 1 amide bonds. The third kappa shape index (κ3) is 11.6. The van der Waals surface area contributed by atoms with Crippen molar-refractivity contribution in [1.82, 2.24) is 20.9 Å². The molecular weight excluding hydrogens is 394 g/mol. The van der Waals surface area contributed by atoms with E-state index in [1.165, 1.54) is 5.56 Å². The molecule has 0 spiro atoms. The predicted molar refractivity (Wildman–Crippen MR) is 125 cm³/mol. The van der Waals surface area contributed by atoms with E-state index in [9.17, 15) is 4.79 Å². The summed E-state index contributed by atoms with van der Waals surface area (Å²) in [6.45, 7) is 7.23. The van der Waals surface area contributed by atoms with Crippen molar-refractivity contribution in [3.8, 4) is 5.75 Å². The van der Waals surface area contributed by atoms with Crippen LogP contribution in [-0.4, -0.2) is 82.9 Å². The molecule has 1 saturated carbocycles. The molecule has 1 aromatic rings. The topological polar surface area (TPSA) is 87.2 Å². The van der Waals surface area contributed by atoms with Crippen LogP contribution in [0.3, 0.4) is 0 Å². The standard InChI is InChI=1S/C23H39N5O3/c1-4-24-23(26-14-16-28(2)15-5-17-30-3)25-13-12-19-6-10-21(11-7-19)31-18-22(29)27-20-8-9-20/h6-7,10-11,20H,4-5,8-9,12-18H2,1-3H3,(H,27,29)(H2,24,25,26). The fourth-order valence-corrected chi connectivity index (χ4v) is 2.99. The van der Waals surface area contributed by atoms with Gasteiger partial charge in [0, 0.05) is 45.9 Å². The Hall–Kier alpha value is -2.32. The number of hydrogen-bond acceptors (Lipinski definition) is 5. The first kappa shape index (κ1) is 24.9. The smallest absolute Gasteiger partial charge is 0.258 e. The molecule has 0 aromatic heterocycles. The van der Waals surface area contributed by atoms with Crippen molar-refractivity contribution in [1.29, 1.82) is 0 Å². The quantitative estimate of drug-likeness (QED) is 0.220. The molecule has 8 heteroatoms. The predicted octanol–water partition coefficient (Wildman–Crippen LogP) is 1.41. The lowest BCUT2D eigenvalue weighted by atomic mass is 10.1. The number of benzene rings is 1. The van der Waals surface area contributed by atoms with Crippen LogP contribution in [0.4, 0.5) is 0 Å². The molecule has 0 aliphatic heterocycles. The Kier molecular flexibility index (Phi) is 11.8. The maximum Gasteiger partial charge on any atom is 0.258 e. The molecule has 0 unspecified atom stereocenters. The summed E-state index contributed by atoms with van der Waals surface area (Å²) in [4.78, 5) is 18.6. The molecular formula is C23H39N5O3. The van der Waals surface area contributed by atoms with Crippen LogP contribution in [0.1, 0.15) is 31.7 Å².